The first kappa shape index (κ1) is 33.8. The molecular formula is C38H41ClN6O5. The number of carbonyl (C=O) groups is 1. The smallest absolute Gasteiger partial charge is 0.220 e. The van der Waals surface area contributed by atoms with Gasteiger partial charge < -0.3 is 30.0 Å². The summed E-state index contributed by atoms with van der Waals surface area (Å²) in [6, 6.07) is 19.9. The van der Waals surface area contributed by atoms with Crippen LogP contribution in [0.5, 0.6) is 17.4 Å². The topological polar surface area (TPSA) is 123 Å². The Balaban J connectivity index is 1.18. The fourth-order valence-corrected chi connectivity index (χ4v) is 7.57. The van der Waals surface area contributed by atoms with Crippen LogP contribution in [0.4, 0.5) is 0 Å². The maximum absolute atomic E-state index is 11.8. The van der Waals surface area contributed by atoms with Gasteiger partial charge in [-0.15, -0.1) is 0 Å². The average molecular weight is 697 g/mol. The summed E-state index contributed by atoms with van der Waals surface area (Å²) in [5.74, 6) is 2.00. The minimum absolute atomic E-state index is 0.0625. The fourth-order valence-electron chi connectivity index (χ4n) is 7.25. The molecule has 2 aliphatic heterocycles. The number of aliphatic hydroxyl groups is 1. The Morgan fingerprint density at radius 3 is 2.40 bits per heavy atom. The van der Waals surface area contributed by atoms with Gasteiger partial charge in [0.25, 0.3) is 0 Å². The Hall–Kier alpha value is -4.68. The van der Waals surface area contributed by atoms with Crippen LogP contribution in [0, 0.1) is 5.41 Å². The molecule has 3 aromatic carbocycles. The van der Waals surface area contributed by atoms with Crippen molar-refractivity contribution in [1.82, 2.24) is 30.3 Å². The zero-order valence-electron chi connectivity index (χ0n) is 28.6. The summed E-state index contributed by atoms with van der Waals surface area (Å²) in [6.07, 6.45) is 1.98. The van der Waals surface area contributed by atoms with Crippen LogP contribution in [0.1, 0.15) is 24.5 Å². The van der Waals surface area contributed by atoms with Crippen molar-refractivity contribution in [1.29, 1.82) is 0 Å². The van der Waals surface area contributed by atoms with Crippen molar-refractivity contribution >= 4 is 28.4 Å². The van der Waals surface area contributed by atoms with E-state index in [9.17, 15) is 9.90 Å². The SMILES string of the molecule is COc1cc(-n2ncc3c(-c4cccc(-c5ccc(CN6CC7(CNC(=O)C7)C6)c(OC)n5)c4Cl)cccc32)cc(OC)c1CNC[C@@H](C)O. The van der Waals surface area contributed by atoms with E-state index in [2.05, 4.69) is 21.6 Å². The highest BCUT2D eigenvalue weighted by molar-refractivity contribution is 6.36. The van der Waals surface area contributed by atoms with Crippen LogP contribution < -0.4 is 24.8 Å². The van der Waals surface area contributed by atoms with Gasteiger partial charge in [-0.3, -0.25) is 9.69 Å². The number of benzene rings is 3. The van der Waals surface area contributed by atoms with Crippen LogP contribution in [0.25, 0.3) is 39.0 Å². The molecule has 2 aromatic heterocycles. The van der Waals surface area contributed by atoms with E-state index >= 15 is 0 Å². The average Bonchev–Trinajstić information content (AvgIpc) is 3.72. The predicted octanol–water partition coefficient (Wildman–Crippen LogP) is 5.23. The van der Waals surface area contributed by atoms with E-state index in [0.717, 1.165) is 64.0 Å². The number of methoxy groups -OCH3 is 3. The van der Waals surface area contributed by atoms with Crippen LogP contribution >= 0.6 is 11.6 Å². The Morgan fingerprint density at radius 1 is 1.00 bits per heavy atom. The number of pyridine rings is 1. The van der Waals surface area contributed by atoms with Crippen LogP contribution in [0.2, 0.25) is 5.02 Å². The van der Waals surface area contributed by atoms with E-state index in [1.807, 2.05) is 65.5 Å². The molecular weight excluding hydrogens is 656 g/mol. The first-order valence-electron chi connectivity index (χ1n) is 16.7. The van der Waals surface area contributed by atoms with E-state index in [1.54, 1.807) is 28.3 Å². The summed E-state index contributed by atoms with van der Waals surface area (Å²) in [5, 5.41) is 22.2. The minimum Gasteiger partial charge on any atom is -0.496 e. The Morgan fingerprint density at radius 2 is 1.72 bits per heavy atom. The molecule has 1 atom stereocenters. The lowest BCUT2D eigenvalue weighted by molar-refractivity contribution is -0.120. The first-order chi connectivity index (χ1) is 24.2. The molecule has 1 spiro atoms. The van der Waals surface area contributed by atoms with Crippen molar-refractivity contribution in [2.24, 2.45) is 5.41 Å². The standard InChI is InChI=1S/C38H41ClN6O5/c1-23(46)16-40-17-30-33(48-2)13-25(14-34(30)49-3)45-32-10-6-7-26(29(32)18-42-45)27-8-5-9-28(36(27)39)31-12-11-24(37(43-31)50-4)19-44-21-38(22-44)15-35(47)41-20-38/h5-14,18,23,40,46H,15-17,19-22H2,1-4H3,(H,41,47)/t23-/m1/s1. The number of hydrogen-bond donors (Lipinski definition) is 3. The van der Waals surface area contributed by atoms with Crippen LogP contribution in [0.3, 0.4) is 0 Å². The lowest BCUT2D eigenvalue weighted by atomic mass is 9.79. The fraction of sp³-hybridized carbons (Fsp3) is 0.342. The van der Waals surface area contributed by atoms with E-state index < -0.39 is 6.10 Å². The maximum Gasteiger partial charge on any atom is 0.220 e. The van der Waals surface area contributed by atoms with Gasteiger partial charge in [0.15, 0.2) is 0 Å². The molecule has 0 unspecified atom stereocenters. The minimum atomic E-state index is -0.469. The number of carbonyl (C=O) groups excluding carboxylic acids is 1. The molecule has 12 heteroatoms. The summed E-state index contributed by atoms with van der Waals surface area (Å²) in [7, 11) is 4.89. The van der Waals surface area contributed by atoms with Gasteiger partial charge in [-0.25, -0.2) is 9.67 Å². The number of amides is 1. The van der Waals surface area contributed by atoms with Crippen LogP contribution in [-0.4, -0.2) is 84.3 Å². The third-order valence-corrected chi connectivity index (χ3v) is 10.0. The molecule has 2 aliphatic rings. The quantitative estimate of drug-likeness (QED) is 0.161. The second-order valence-electron chi connectivity index (χ2n) is 13.2. The first-order valence-corrected chi connectivity index (χ1v) is 17.0. The summed E-state index contributed by atoms with van der Waals surface area (Å²) < 4.78 is 19.1. The monoisotopic (exact) mass is 696 g/mol. The van der Waals surface area contributed by atoms with Crippen molar-refractivity contribution in [3.63, 3.8) is 0 Å². The normalized spacial score (nSPS) is 16.0. The van der Waals surface area contributed by atoms with Gasteiger partial charge in [0, 0.05) is 85.3 Å². The zero-order chi connectivity index (χ0) is 35.0. The molecule has 7 rings (SSSR count). The number of nitrogens with one attached hydrogen (secondary N) is 2. The number of hydrogen-bond acceptors (Lipinski definition) is 9. The van der Waals surface area contributed by atoms with Crippen molar-refractivity contribution < 1.29 is 24.1 Å². The number of rotatable bonds is 12. The molecule has 11 nitrogen and oxygen atoms in total. The number of fused-ring (bicyclic) bond motifs is 1. The number of halogens is 1. The summed E-state index contributed by atoms with van der Waals surface area (Å²) in [6.45, 7) is 5.86. The molecule has 3 N–H and O–H groups in total. The van der Waals surface area contributed by atoms with Crippen molar-refractivity contribution in [2.75, 3.05) is 47.5 Å². The number of likely N-dealkylation sites (tertiary alicyclic amines) is 1. The highest BCUT2D eigenvalue weighted by Crippen LogP contribution is 2.42. The number of aromatic nitrogens is 3. The third-order valence-electron chi connectivity index (χ3n) is 9.60. The third kappa shape index (κ3) is 6.37. The van der Waals surface area contributed by atoms with E-state index in [1.165, 1.54) is 0 Å². The lowest BCUT2D eigenvalue weighted by Gasteiger charge is -2.47. The Labute approximate surface area is 296 Å². The van der Waals surface area contributed by atoms with Crippen molar-refractivity contribution in [2.45, 2.75) is 32.5 Å². The Kier molecular flexibility index (Phi) is 9.40. The van der Waals surface area contributed by atoms with Crippen molar-refractivity contribution in [3.05, 3.63) is 83.0 Å². The zero-order valence-corrected chi connectivity index (χ0v) is 29.4. The molecule has 0 radical (unpaired) electrons. The maximum atomic E-state index is 11.8. The number of ether oxygens (including phenoxy) is 3. The lowest BCUT2D eigenvalue weighted by Crippen LogP contribution is -2.56. The largest absolute Gasteiger partial charge is 0.496 e. The van der Waals surface area contributed by atoms with Gasteiger partial charge in [0.2, 0.25) is 11.8 Å². The highest BCUT2D eigenvalue weighted by atomic mass is 35.5. The van der Waals surface area contributed by atoms with E-state index in [0.29, 0.717) is 54.2 Å². The summed E-state index contributed by atoms with van der Waals surface area (Å²) >= 11 is 7.19. The Bertz CT molecular complexity index is 2030. The van der Waals surface area contributed by atoms with Gasteiger partial charge in [0.1, 0.15) is 11.5 Å². The predicted molar refractivity (Wildman–Crippen MR) is 193 cm³/mol. The van der Waals surface area contributed by atoms with Gasteiger partial charge in [-0.05, 0) is 24.6 Å². The molecule has 0 saturated carbocycles. The van der Waals surface area contributed by atoms with Crippen molar-refractivity contribution in [3.8, 4) is 45.5 Å². The molecule has 2 saturated heterocycles. The number of nitrogens with zero attached hydrogens (tertiary/aromatic N) is 4. The van der Waals surface area contributed by atoms with Gasteiger partial charge in [-0.2, -0.15) is 5.10 Å². The van der Waals surface area contributed by atoms with Gasteiger partial charge >= 0.3 is 0 Å². The molecule has 0 aliphatic carbocycles. The van der Waals surface area contributed by atoms with Gasteiger partial charge in [-0.1, -0.05) is 48.0 Å². The molecule has 50 heavy (non-hydrogen) atoms. The molecule has 2 fully saturated rings. The van der Waals surface area contributed by atoms with E-state index in [4.69, 9.17) is 35.9 Å². The van der Waals surface area contributed by atoms with E-state index in [-0.39, 0.29) is 11.3 Å². The molecule has 0 bridgehead atoms. The molecule has 5 aromatic rings. The van der Waals surface area contributed by atoms with Crippen LogP contribution in [0.15, 0.2) is 66.9 Å². The second-order valence-corrected chi connectivity index (χ2v) is 13.6. The number of aliphatic hydroxyl groups excluding tert-OH is 1. The summed E-state index contributed by atoms with van der Waals surface area (Å²) in [4.78, 5) is 19.0. The van der Waals surface area contributed by atoms with Crippen LogP contribution in [-0.2, 0) is 17.9 Å². The second kappa shape index (κ2) is 13.9. The molecule has 260 valence electrons. The van der Waals surface area contributed by atoms with Gasteiger partial charge in [0.05, 0.1) is 61.1 Å². The summed E-state index contributed by atoms with van der Waals surface area (Å²) in [5.41, 5.74) is 6.89. The molecule has 1 amide bonds. The molecule has 4 heterocycles. The highest BCUT2D eigenvalue weighted by Gasteiger charge is 2.48.